The van der Waals surface area contributed by atoms with Crippen LogP contribution in [0.25, 0.3) is 11.0 Å². The van der Waals surface area contributed by atoms with E-state index in [1.54, 1.807) is 11.8 Å². The summed E-state index contributed by atoms with van der Waals surface area (Å²) in [7, 11) is 0. The largest absolute Gasteiger partial charge is 0.342 e. The van der Waals surface area contributed by atoms with Crippen LogP contribution in [0.1, 0.15) is 12.2 Å². The van der Waals surface area contributed by atoms with E-state index >= 15 is 0 Å². The molecule has 2 N–H and O–H groups in total. The normalized spacial score (nSPS) is 10.8. The molecule has 1 aromatic heterocycles. The molecule has 0 atom stereocenters. The second kappa shape index (κ2) is 6.66. The summed E-state index contributed by atoms with van der Waals surface area (Å²) in [5.74, 6) is 0.844. The molecule has 112 valence electrons. The van der Waals surface area contributed by atoms with Gasteiger partial charge in [-0.3, -0.25) is 4.79 Å². The number of carbonyl (C=O) groups excluding carboxylic acids is 1. The Morgan fingerprint density at radius 3 is 2.77 bits per heavy atom. The Balaban J connectivity index is 1.62. The van der Waals surface area contributed by atoms with Crippen molar-refractivity contribution >= 4 is 34.4 Å². The number of rotatable bonds is 5. The van der Waals surface area contributed by atoms with Crippen LogP contribution in [0.3, 0.4) is 0 Å². The van der Waals surface area contributed by atoms with Crippen molar-refractivity contribution in [1.29, 1.82) is 0 Å². The first-order valence-corrected chi connectivity index (χ1v) is 8.35. The first-order chi connectivity index (χ1) is 10.8. The maximum atomic E-state index is 12.1. The van der Waals surface area contributed by atoms with E-state index in [9.17, 15) is 4.79 Å². The van der Waals surface area contributed by atoms with Gasteiger partial charge in [0.05, 0.1) is 16.7 Å². The minimum Gasteiger partial charge on any atom is -0.342 e. The molecule has 0 aliphatic carbocycles. The summed E-state index contributed by atoms with van der Waals surface area (Å²) in [6, 6.07) is 15.7. The molecular weight excluding hydrogens is 294 g/mol. The number of para-hydroxylation sites is 3. The molecule has 0 unspecified atom stereocenters. The van der Waals surface area contributed by atoms with E-state index in [1.165, 1.54) is 0 Å². The maximum absolute atomic E-state index is 12.1. The number of hydrogen-bond acceptors (Lipinski definition) is 3. The Labute approximate surface area is 133 Å². The van der Waals surface area contributed by atoms with Crippen LogP contribution in [0.15, 0.2) is 53.4 Å². The molecule has 3 rings (SSSR count). The minimum atomic E-state index is 0.00181. The monoisotopic (exact) mass is 311 g/mol. The van der Waals surface area contributed by atoms with E-state index in [0.717, 1.165) is 27.4 Å². The van der Waals surface area contributed by atoms with E-state index in [2.05, 4.69) is 15.3 Å². The molecule has 1 heterocycles. The van der Waals surface area contributed by atoms with Crippen molar-refractivity contribution in [2.75, 3.05) is 11.6 Å². The zero-order valence-electron chi connectivity index (χ0n) is 12.3. The van der Waals surface area contributed by atoms with Crippen LogP contribution in [0.4, 0.5) is 5.69 Å². The number of hydrogen-bond donors (Lipinski definition) is 2. The smallest absolute Gasteiger partial charge is 0.224 e. The van der Waals surface area contributed by atoms with Gasteiger partial charge >= 0.3 is 0 Å². The summed E-state index contributed by atoms with van der Waals surface area (Å²) in [6.45, 7) is 0. The molecule has 0 spiro atoms. The number of nitrogens with zero attached hydrogens (tertiary/aromatic N) is 1. The van der Waals surface area contributed by atoms with E-state index in [0.29, 0.717) is 12.8 Å². The van der Waals surface area contributed by atoms with Gasteiger partial charge in [0.25, 0.3) is 0 Å². The first kappa shape index (κ1) is 14.7. The van der Waals surface area contributed by atoms with Gasteiger partial charge in [0.2, 0.25) is 5.91 Å². The average Bonchev–Trinajstić information content (AvgIpc) is 2.96. The zero-order valence-corrected chi connectivity index (χ0v) is 13.1. The van der Waals surface area contributed by atoms with Crippen LogP contribution in [0, 0.1) is 0 Å². The molecule has 5 heteroatoms. The lowest BCUT2D eigenvalue weighted by Crippen LogP contribution is -2.13. The first-order valence-electron chi connectivity index (χ1n) is 7.13. The minimum absolute atomic E-state index is 0.00181. The zero-order chi connectivity index (χ0) is 15.4. The number of fused-ring (bicyclic) bond motifs is 1. The van der Waals surface area contributed by atoms with Crippen molar-refractivity contribution < 1.29 is 4.79 Å². The van der Waals surface area contributed by atoms with E-state index in [4.69, 9.17) is 0 Å². The number of carbonyl (C=O) groups is 1. The predicted molar refractivity (Wildman–Crippen MR) is 91.3 cm³/mol. The van der Waals surface area contributed by atoms with Crippen LogP contribution < -0.4 is 5.32 Å². The van der Waals surface area contributed by atoms with Crippen LogP contribution in [0.2, 0.25) is 0 Å². The number of benzene rings is 2. The summed E-state index contributed by atoms with van der Waals surface area (Å²) in [5.41, 5.74) is 2.81. The van der Waals surface area contributed by atoms with Crippen molar-refractivity contribution in [3.63, 3.8) is 0 Å². The Kier molecular flexibility index (Phi) is 4.44. The van der Waals surface area contributed by atoms with Crippen molar-refractivity contribution in [3.05, 3.63) is 54.4 Å². The summed E-state index contributed by atoms with van der Waals surface area (Å²) in [4.78, 5) is 20.9. The fourth-order valence-corrected chi connectivity index (χ4v) is 2.87. The molecule has 4 nitrogen and oxygen atoms in total. The summed E-state index contributed by atoms with van der Waals surface area (Å²) < 4.78 is 0. The molecule has 0 saturated heterocycles. The van der Waals surface area contributed by atoms with Gasteiger partial charge in [0.15, 0.2) is 0 Å². The maximum Gasteiger partial charge on any atom is 0.224 e. The van der Waals surface area contributed by atoms with Crippen molar-refractivity contribution in [2.45, 2.75) is 17.7 Å². The van der Waals surface area contributed by atoms with E-state index in [-0.39, 0.29) is 5.91 Å². The van der Waals surface area contributed by atoms with Crippen molar-refractivity contribution in [1.82, 2.24) is 9.97 Å². The van der Waals surface area contributed by atoms with Crippen LogP contribution in [0.5, 0.6) is 0 Å². The fourth-order valence-electron chi connectivity index (χ4n) is 2.32. The van der Waals surface area contributed by atoms with Crippen molar-refractivity contribution in [3.8, 4) is 0 Å². The van der Waals surface area contributed by atoms with Crippen LogP contribution in [-0.2, 0) is 11.2 Å². The molecule has 0 fully saturated rings. The molecule has 0 saturated carbocycles. The number of amides is 1. The van der Waals surface area contributed by atoms with Gasteiger partial charge in [-0.05, 0) is 30.5 Å². The van der Waals surface area contributed by atoms with Gasteiger partial charge in [0, 0.05) is 17.7 Å². The quantitative estimate of drug-likeness (QED) is 0.704. The molecule has 0 aliphatic rings. The number of aryl methyl sites for hydroxylation is 1. The van der Waals surface area contributed by atoms with Gasteiger partial charge in [-0.2, -0.15) is 0 Å². The Morgan fingerprint density at radius 2 is 1.95 bits per heavy atom. The molecule has 0 bridgehead atoms. The number of nitrogens with one attached hydrogen (secondary N) is 2. The Hall–Kier alpha value is -2.27. The Bertz CT molecular complexity index is 764. The third kappa shape index (κ3) is 3.31. The number of H-pyrrole nitrogens is 1. The highest BCUT2D eigenvalue weighted by Crippen LogP contribution is 2.24. The number of anilines is 1. The van der Waals surface area contributed by atoms with Gasteiger partial charge < -0.3 is 10.3 Å². The average molecular weight is 311 g/mol. The van der Waals surface area contributed by atoms with E-state index < -0.39 is 0 Å². The highest BCUT2D eigenvalue weighted by Gasteiger charge is 2.08. The lowest BCUT2D eigenvalue weighted by atomic mass is 10.2. The van der Waals surface area contributed by atoms with Gasteiger partial charge in [-0.1, -0.05) is 24.3 Å². The summed E-state index contributed by atoms with van der Waals surface area (Å²) in [6.07, 6.45) is 3.00. The molecule has 0 radical (unpaired) electrons. The third-order valence-electron chi connectivity index (χ3n) is 3.41. The number of aromatic nitrogens is 2. The number of imidazole rings is 1. The molecule has 2 aromatic carbocycles. The second-order valence-corrected chi connectivity index (χ2v) is 5.80. The molecule has 22 heavy (non-hydrogen) atoms. The molecular formula is C17H17N3OS. The highest BCUT2D eigenvalue weighted by atomic mass is 32.2. The predicted octanol–water partition coefficient (Wildman–Crippen LogP) is 3.86. The van der Waals surface area contributed by atoms with Crippen molar-refractivity contribution in [2.24, 2.45) is 0 Å². The summed E-state index contributed by atoms with van der Waals surface area (Å²) >= 11 is 1.62. The Morgan fingerprint density at radius 1 is 1.18 bits per heavy atom. The third-order valence-corrected chi connectivity index (χ3v) is 4.20. The lowest BCUT2D eigenvalue weighted by molar-refractivity contribution is -0.116. The molecule has 0 aliphatic heterocycles. The van der Waals surface area contributed by atoms with Crippen LogP contribution >= 0.6 is 11.8 Å². The SMILES string of the molecule is CSc1ccccc1NC(=O)CCc1nc2ccccc2[nH]1. The highest BCUT2D eigenvalue weighted by molar-refractivity contribution is 7.98. The number of aromatic amines is 1. The second-order valence-electron chi connectivity index (χ2n) is 4.95. The lowest BCUT2D eigenvalue weighted by Gasteiger charge is -2.08. The fraction of sp³-hybridized carbons (Fsp3) is 0.176. The topological polar surface area (TPSA) is 57.8 Å². The van der Waals surface area contributed by atoms with E-state index in [1.807, 2.05) is 54.8 Å². The molecule has 1 amide bonds. The van der Waals surface area contributed by atoms with Gasteiger partial charge in [-0.25, -0.2) is 4.98 Å². The number of thioether (sulfide) groups is 1. The molecule has 3 aromatic rings. The van der Waals surface area contributed by atoms with Gasteiger partial charge in [-0.15, -0.1) is 11.8 Å². The standard InChI is InChI=1S/C17H17N3OS/c1-22-15-9-5-4-8-14(15)20-17(21)11-10-16-18-12-6-2-3-7-13(12)19-16/h2-9H,10-11H2,1H3,(H,18,19)(H,20,21). The van der Waals surface area contributed by atoms with Gasteiger partial charge in [0.1, 0.15) is 5.82 Å². The summed E-state index contributed by atoms with van der Waals surface area (Å²) in [5, 5.41) is 2.96. The van der Waals surface area contributed by atoms with Crippen LogP contribution in [-0.4, -0.2) is 22.1 Å².